The molecule has 0 saturated heterocycles. The Balaban J connectivity index is 2.22. The summed E-state index contributed by atoms with van der Waals surface area (Å²) in [6.07, 6.45) is 1.41. The van der Waals surface area contributed by atoms with Gasteiger partial charge in [0.15, 0.2) is 0 Å². The van der Waals surface area contributed by atoms with Gasteiger partial charge in [-0.3, -0.25) is 4.21 Å². The molecule has 0 amide bonds. The van der Waals surface area contributed by atoms with Crippen LogP contribution in [0.2, 0.25) is 0 Å². The number of nitrogens with two attached hydrogens (primary N) is 1. The van der Waals surface area contributed by atoms with Crippen molar-refractivity contribution in [1.29, 1.82) is 0 Å². The number of aryl methyl sites for hydroxylation is 1. The number of rotatable bonds is 4. The molecule has 0 aliphatic rings. The Morgan fingerprint density at radius 3 is 2.89 bits per heavy atom. The van der Waals surface area contributed by atoms with Gasteiger partial charge in [-0.25, -0.2) is 14.1 Å². The zero-order chi connectivity index (χ0) is 13.1. The van der Waals surface area contributed by atoms with E-state index >= 15 is 0 Å². The maximum atomic E-state index is 13.2. The number of benzene rings is 1. The van der Waals surface area contributed by atoms with Crippen molar-refractivity contribution in [1.82, 2.24) is 14.8 Å². The molecule has 1 aromatic heterocycles. The second-order valence-electron chi connectivity index (χ2n) is 3.70. The van der Waals surface area contributed by atoms with Crippen LogP contribution < -0.4 is 5.73 Å². The van der Waals surface area contributed by atoms with Crippen LogP contribution in [0.25, 0.3) is 0 Å². The van der Waals surface area contributed by atoms with Crippen molar-refractivity contribution in [3.63, 3.8) is 0 Å². The van der Waals surface area contributed by atoms with E-state index in [-0.39, 0.29) is 11.4 Å². The Hall–Kier alpha value is -1.76. The number of nitrogens with zero attached hydrogens (tertiary/aromatic N) is 3. The summed E-state index contributed by atoms with van der Waals surface area (Å²) in [7, 11) is -1.39. The van der Waals surface area contributed by atoms with Crippen LogP contribution >= 0.6 is 0 Å². The summed E-state index contributed by atoms with van der Waals surface area (Å²) in [5, 5.41) is 3.99. The van der Waals surface area contributed by atoms with Crippen LogP contribution in [-0.2, 0) is 23.1 Å². The molecule has 0 aliphatic heterocycles. The van der Waals surface area contributed by atoms with Gasteiger partial charge in [-0.05, 0) is 25.1 Å². The number of hydrogen-bond acceptors (Lipinski definition) is 4. The van der Waals surface area contributed by atoms with Crippen LogP contribution in [0, 0.1) is 5.82 Å². The molecule has 0 aliphatic carbocycles. The number of anilines is 1. The monoisotopic (exact) mass is 268 g/mol. The van der Waals surface area contributed by atoms with E-state index in [1.165, 1.54) is 24.5 Å². The van der Waals surface area contributed by atoms with E-state index in [0.29, 0.717) is 17.3 Å². The minimum atomic E-state index is -1.39. The lowest BCUT2D eigenvalue weighted by atomic mass is 10.3. The van der Waals surface area contributed by atoms with Gasteiger partial charge in [-0.15, -0.1) is 0 Å². The largest absolute Gasteiger partial charge is 0.399 e. The molecule has 96 valence electrons. The highest BCUT2D eigenvalue weighted by atomic mass is 32.2. The average Bonchev–Trinajstić information content (AvgIpc) is 2.75. The van der Waals surface area contributed by atoms with E-state index in [0.717, 1.165) is 0 Å². The van der Waals surface area contributed by atoms with Crippen molar-refractivity contribution in [3.8, 4) is 0 Å². The summed E-state index contributed by atoms with van der Waals surface area (Å²) in [5.74, 6) is 0.311. The third-order valence-corrected chi connectivity index (χ3v) is 3.69. The number of hydrogen-bond donors (Lipinski definition) is 1. The van der Waals surface area contributed by atoms with Gasteiger partial charge in [0.05, 0.1) is 16.6 Å². The van der Waals surface area contributed by atoms with Gasteiger partial charge < -0.3 is 5.73 Å². The topological polar surface area (TPSA) is 73.8 Å². The molecule has 1 aromatic carbocycles. The predicted molar refractivity (Wildman–Crippen MR) is 66.6 cm³/mol. The second-order valence-corrected chi connectivity index (χ2v) is 5.15. The summed E-state index contributed by atoms with van der Waals surface area (Å²) < 4.78 is 26.9. The average molecular weight is 268 g/mol. The Labute approximate surface area is 106 Å². The lowest BCUT2D eigenvalue weighted by molar-refractivity contribution is 0.620. The normalized spacial score (nSPS) is 12.6. The summed E-state index contributed by atoms with van der Waals surface area (Å²) in [6.45, 7) is 2.57. The van der Waals surface area contributed by atoms with Crippen molar-refractivity contribution >= 4 is 16.5 Å². The van der Waals surface area contributed by atoms with Gasteiger partial charge >= 0.3 is 0 Å². The van der Waals surface area contributed by atoms with E-state index in [2.05, 4.69) is 10.1 Å². The van der Waals surface area contributed by atoms with Gasteiger partial charge in [-0.1, -0.05) is 0 Å². The quantitative estimate of drug-likeness (QED) is 0.849. The van der Waals surface area contributed by atoms with Gasteiger partial charge in [0.1, 0.15) is 18.0 Å². The second kappa shape index (κ2) is 5.26. The van der Waals surface area contributed by atoms with Crippen molar-refractivity contribution in [3.05, 3.63) is 36.2 Å². The van der Waals surface area contributed by atoms with E-state index in [1.54, 1.807) is 4.68 Å². The van der Waals surface area contributed by atoms with Crippen LogP contribution in [-0.4, -0.2) is 19.0 Å². The Bertz CT molecular complexity index is 564. The molecule has 2 rings (SSSR count). The summed E-state index contributed by atoms with van der Waals surface area (Å²) >= 11 is 0. The highest BCUT2D eigenvalue weighted by Gasteiger charge is 2.11. The Kier molecular flexibility index (Phi) is 3.71. The summed E-state index contributed by atoms with van der Waals surface area (Å²) in [6, 6.07) is 3.92. The summed E-state index contributed by atoms with van der Waals surface area (Å²) in [4.78, 5) is 4.39. The van der Waals surface area contributed by atoms with Crippen LogP contribution in [0.4, 0.5) is 10.1 Å². The number of halogens is 1. The molecule has 18 heavy (non-hydrogen) atoms. The molecule has 7 heteroatoms. The van der Waals surface area contributed by atoms with Crippen LogP contribution in [0.1, 0.15) is 12.7 Å². The number of nitrogen functional groups attached to an aromatic ring is 1. The molecule has 0 spiro atoms. The maximum absolute atomic E-state index is 13.2. The lowest BCUT2D eigenvalue weighted by Gasteiger charge is -2.05. The van der Waals surface area contributed by atoms with E-state index in [1.807, 2.05) is 6.92 Å². The van der Waals surface area contributed by atoms with Crippen LogP contribution in [0.3, 0.4) is 0 Å². The molecule has 0 fully saturated rings. The van der Waals surface area contributed by atoms with Crippen molar-refractivity contribution < 1.29 is 8.60 Å². The third kappa shape index (κ3) is 2.73. The first-order valence-corrected chi connectivity index (χ1v) is 6.73. The minimum Gasteiger partial charge on any atom is -0.399 e. The molecule has 5 nitrogen and oxygen atoms in total. The molecule has 0 bridgehead atoms. The standard InChI is InChI=1S/C11H13FN4OS/c1-2-16-11(14-7-15-16)6-18(17)10-4-8(12)3-9(13)5-10/h3-5,7H,2,6,13H2,1H3. The predicted octanol–water partition coefficient (Wildman–Crippen LogP) is 1.33. The van der Waals surface area contributed by atoms with Gasteiger partial charge in [0.25, 0.3) is 0 Å². The fraction of sp³-hybridized carbons (Fsp3) is 0.273. The smallest absolute Gasteiger partial charge is 0.139 e. The lowest BCUT2D eigenvalue weighted by Crippen LogP contribution is -2.07. The molecule has 1 heterocycles. The zero-order valence-corrected chi connectivity index (χ0v) is 10.7. The van der Waals surface area contributed by atoms with Crippen molar-refractivity contribution in [2.45, 2.75) is 24.1 Å². The SMILES string of the molecule is CCn1ncnc1CS(=O)c1cc(N)cc(F)c1. The molecule has 1 atom stereocenters. The molecular weight excluding hydrogens is 255 g/mol. The molecule has 1 unspecified atom stereocenters. The minimum absolute atomic E-state index is 0.191. The first kappa shape index (κ1) is 12.7. The first-order chi connectivity index (χ1) is 8.60. The molecular formula is C11H13FN4OS. The zero-order valence-electron chi connectivity index (χ0n) is 9.84. The Morgan fingerprint density at radius 1 is 1.44 bits per heavy atom. The maximum Gasteiger partial charge on any atom is 0.139 e. The van der Waals surface area contributed by atoms with Gasteiger partial charge in [0.2, 0.25) is 0 Å². The highest BCUT2D eigenvalue weighted by Crippen LogP contribution is 2.16. The summed E-state index contributed by atoms with van der Waals surface area (Å²) in [5.41, 5.74) is 5.78. The van der Waals surface area contributed by atoms with Crippen LogP contribution in [0.5, 0.6) is 0 Å². The van der Waals surface area contributed by atoms with Gasteiger partial charge in [0, 0.05) is 17.1 Å². The van der Waals surface area contributed by atoms with E-state index < -0.39 is 16.6 Å². The molecule has 0 saturated carbocycles. The third-order valence-electron chi connectivity index (χ3n) is 2.41. The van der Waals surface area contributed by atoms with Crippen molar-refractivity contribution in [2.24, 2.45) is 0 Å². The molecule has 2 N–H and O–H groups in total. The van der Waals surface area contributed by atoms with E-state index in [9.17, 15) is 8.60 Å². The highest BCUT2D eigenvalue weighted by molar-refractivity contribution is 7.84. The molecule has 0 radical (unpaired) electrons. The Morgan fingerprint density at radius 2 is 2.22 bits per heavy atom. The van der Waals surface area contributed by atoms with Crippen molar-refractivity contribution in [2.75, 3.05) is 5.73 Å². The molecule has 2 aromatic rings. The van der Waals surface area contributed by atoms with E-state index in [4.69, 9.17) is 5.73 Å². The van der Waals surface area contributed by atoms with Gasteiger partial charge in [-0.2, -0.15) is 5.10 Å². The first-order valence-electron chi connectivity index (χ1n) is 5.41. The fourth-order valence-corrected chi connectivity index (χ4v) is 2.72. The fourth-order valence-electron chi connectivity index (χ4n) is 1.58. The van der Waals surface area contributed by atoms with Crippen LogP contribution in [0.15, 0.2) is 29.4 Å². The number of aromatic nitrogens is 3.